The number of anilines is 1. The molecule has 0 saturated carbocycles. The lowest BCUT2D eigenvalue weighted by molar-refractivity contribution is -0.115. The third kappa shape index (κ3) is 5.01. The minimum Gasteiger partial charge on any atom is -0.346 e. The van der Waals surface area contributed by atoms with E-state index in [0.717, 1.165) is 23.2 Å². The lowest BCUT2D eigenvalue weighted by Crippen LogP contribution is -2.24. The van der Waals surface area contributed by atoms with Crippen LogP contribution in [0.1, 0.15) is 27.9 Å². The van der Waals surface area contributed by atoms with E-state index in [9.17, 15) is 14.0 Å². The van der Waals surface area contributed by atoms with Gasteiger partial charge in [0.2, 0.25) is 5.91 Å². The molecule has 0 atom stereocenters. The van der Waals surface area contributed by atoms with Gasteiger partial charge in [-0.15, -0.1) is 11.3 Å². The molecule has 2 amide bonds. The van der Waals surface area contributed by atoms with Crippen LogP contribution in [0, 0.1) is 5.82 Å². The highest BCUT2D eigenvalue weighted by Crippen LogP contribution is 2.16. The number of nitrogens with one attached hydrogen (secondary N) is 2. The van der Waals surface area contributed by atoms with Crippen molar-refractivity contribution in [1.29, 1.82) is 0 Å². The predicted octanol–water partition coefficient (Wildman–Crippen LogP) is 3.21. The summed E-state index contributed by atoms with van der Waals surface area (Å²) in [6.45, 7) is 3.00. The first-order valence-electron chi connectivity index (χ1n) is 8.45. The molecule has 8 heteroatoms. The number of benzene rings is 1. The molecule has 3 rings (SSSR count). The van der Waals surface area contributed by atoms with E-state index in [1.807, 2.05) is 29.0 Å². The molecule has 1 aromatic carbocycles. The first-order chi connectivity index (χ1) is 13.0. The second kappa shape index (κ2) is 8.59. The normalized spacial score (nSPS) is 10.6. The lowest BCUT2D eigenvalue weighted by Gasteiger charge is -2.10. The maximum Gasteiger partial charge on any atom is 0.251 e. The summed E-state index contributed by atoms with van der Waals surface area (Å²) in [7, 11) is 0. The van der Waals surface area contributed by atoms with Gasteiger partial charge in [0.05, 0.1) is 25.0 Å². The number of amides is 2. The molecule has 6 nitrogen and oxygen atoms in total. The fourth-order valence-corrected chi connectivity index (χ4v) is 3.33. The standard InChI is InChI=1S/C19H19FN4O2S/c1-2-24-12-21-10-16(24)11-22-19(26)13-6-14(20)8-15(7-13)23-18(25)9-17-4-3-5-27-17/h3-8,10,12H,2,9,11H2,1H3,(H,22,26)(H,23,25). The molecule has 0 aliphatic rings. The number of hydrogen-bond donors (Lipinski definition) is 2. The number of thiophene rings is 1. The van der Waals surface area contributed by atoms with Crippen molar-refractivity contribution in [2.75, 3.05) is 5.32 Å². The average Bonchev–Trinajstić information content (AvgIpc) is 3.30. The highest BCUT2D eigenvalue weighted by molar-refractivity contribution is 7.10. The highest BCUT2D eigenvalue weighted by Gasteiger charge is 2.12. The van der Waals surface area contributed by atoms with Gasteiger partial charge in [-0.25, -0.2) is 9.37 Å². The lowest BCUT2D eigenvalue weighted by atomic mass is 10.1. The molecule has 0 aliphatic heterocycles. The minimum absolute atomic E-state index is 0.143. The number of aromatic nitrogens is 2. The van der Waals surface area contributed by atoms with Crippen molar-refractivity contribution in [2.45, 2.75) is 26.4 Å². The van der Waals surface area contributed by atoms with E-state index in [0.29, 0.717) is 0 Å². The Balaban J connectivity index is 1.65. The number of aryl methyl sites for hydroxylation is 1. The minimum atomic E-state index is -0.590. The van der Waals surface area contributed by atoms with Crippen molar-refractivity contribution < 1.29 is 14.0 Å². The number of halogens is 1. The number of hydrogen-bond acceptors (Lipinski definition) is 4. The molecule has 2 aromatic heterocycles. The van der Waals surface area contributed by atoms with Crippen LogP contribution >= 0.6 is 11.3 Å². The maximum atomic E-state index is 13.9. The summed E-state index contributed by atoms with van der Waals surface area (Å²) in [4.78, 5) is 29.4. The van der Waals surface area contributed by atoms with Crippen LogP contribution in [-0.2, 0) is 24.3 Å². The van der Waals surface area contributed by atoms with Gasteiger partial charge in [-0.2, -0.15) is 0 Å². The average molecular weight is 386 g/mol. The van der Waals surface area contributed by atoms with E-state index in [2.05, 4.69) is 15.6 Å². The second-order valence-corrected chi connectivity index (χ2v) is 6.92. The smallest absolute Gasteiger partial charge is 0.251 e. The molecule has 2 N–H and O–H groups in total. The summed E-state index contributed by atoms with van der Waals surface area (Å²) in [5.74, 6) is -1.28. The number of carbonyl (C=O) groups excluding carboxylic acids is 2. The topological polar surface area (TPSA) is 76.0 Å². The quantitative estimate of drug-likeness (QED) is 0.655. The van der Waals surface area contributed by atoms with Crippen molar-refractivity contribution in [1.82, 2.24) is 14.9 Å². The van der Waals surface area contributed by atoms with Crippen LogP contribution in [0.2, 0.25) is 0 Å². The first-order valence-corrected chi connectivity index (χ1v) is 9.33. The summed E-state index contributed by atoms with van der Waals surface area (Å²) in [6.07, 6.45) is 3.56. The predicted molar refractivity (Wildman–Crippen MR) is 102 cm³/mol. The Morgan fingerprint density at radius 2 is 2.15 bits per heavy atom. The molecular weight excluding hydrogens is 367 g/mol. The van der Waals surface area contributed by atoms with Crippen LogP contribution in [0.25, 0.3) is 0 Å². The van der Waals surface area contributed by atoms with Gasteiger partial charge in [-0.3, -0.25) is 9.59 Å². The third-order valence-electron chi connectivity index (χ3n) is 3.93. The SMILES string of the molecule is CCn1cncc1CNC(=O)c1cc(F)cc(NC(=O)Cc2cccs2)c1. The van der Waals surface area contributed by atoms with Gasteiger partial charge in [0.1, 0.15) is 5.82 Å². The summed E-state index contributed by atoms with van der Waals surface area (Å²) >= 11 is 1.48. The molecule has 3 aromatic rings. The zero-order valence-corrected chi connectivity index (χ0v) is 15.6. The molecule has 0 aliphatic carbocycles. The molecule has 0 fully saturated rings. The Labute approximate surface area is 160 Å². The summed E-state index contributed by atoms with van der Waals surface area (Å²) < 4.78 is 15.8. The van der Waals surface area contributed by atoms with Crippen LogP contribution in [-0.4, -0.2) is 21.4 Å². The number of imidazole rings is 1. The number of rotatable bonds is 7. The van der Waals surface area contributed by atoms with Crippen molar-refractivity contribution in [3.05, 3.63) is 70.2 Å². The van der Waals surface area contributed by atoms with Crippen molar-refractivity contribution >= 4 is 28.8 Å². The largest absolute Gasteiger partial charge is 0.346 e. The molecule has 0 saturated heterocycles. The third-order valence-corrected chi connectivity index (χ3v) is 4.80. The zero-order valence-electron chi connectivity index (χ0n) is 14.7. The highest BCUT2D eigenvalue weighted by atomic mass is 32.1. The molecule has 0 unspecified atom stereocenters. The Hall–Kier alpha value is -3.00. The summed E-state index contributed by atoms with van der Waals surface area (Å²) in [5, 5.41) is 7.27. The van der Waals surface area contributed by atoms with Crippen LogP contribution < -0.4 is 10.6 Å². The molecule has 0 radical (unpaired) electrons. The molecular formula is C19H19FN4O2S. The zero-order chi connectivity index (χ0) is 19.2. The number of carbonyl (C=O) groups is 2. The maximum absolute atomic E-state index is 13.9. The monoisotopic (exact) mass is 386 g/mol. The summed E-state index contributed by atoms with van der Waals surface area (Å²) in [6, 6.07) is 7.51. The first kappa shape index (κ1) is 18.8. The van der Waals surface area contributed by atoms with E-state index >= 15 is 0 Å². The molecule has 0 bridgehead atoms. The van der Waals surface area contributed by atoms with E-state index in [4.69, 9.17) is 0 Å². The summed E-state index contributed by atoms with van der Waals surface area (Å²) in [5.41, 5.74) is 1.25. The van der Waals surface area contributed by atoms with Gasteiger partial charge in [-0.1, -0.05) is 6.07 Å². The second-order valence-electron chi connectivity index (χ2n) is 5.89. The van der Waals surface area contributed by atoms with Crippen molar-refractivity contribution in [3.8, 4) is 0 Å². The Morgan fingerprint density at radius 3 is 2.89 bits per heavy atom. The van der Waals surface area contributed by atoms with Gasteiger partial charge < -0.3 is 15.2 Å². The molecule has 140 valence electrons. The van der Waals surface area contributed by atoms with Crippen molar-refractivity contribution in [2.24, 2.45) is 0 Å². The Kier molecular flexibility index (Phi) is 5.97. The van der Waals surface area contributed by atoms with Crippen molar-refractivity contribution in [3.63, 3.8) is 0 Å². The van der Waals surface area contributed by atoms with Crippen LogP contribution in [0.15, 0.2) is 48.2 Å². The van der Waals surface area contributed by atoms with Gasteiger partial charge in [-0.05, 0) is 36.6 Å². The fourth-order valence-electron chi connectivity index (χ4n) is 2.62. The van der Waals surface area contributed by atoms with Crippen LogP contribution in [0.4, 0.5) is 10.1 Å². The van der Waals surface area contributed by atoms with E-state index in [1.54, 1.807) is 12.5 Å². The number of nitrogens with zero attached hydrogens (tertiary/aromatic N) is 2. The van der Waals surface area contributed by atoms with E-state index < -0.39 is 11.7 Å². The molecule has 0 spiro atoms. The fraction of sp³-hybridized carbons (Fsp3) is 0.211. The van der Waals surface area contributed by atoms with Crippen LogP contribution in [0.5, 0.6) is 0 Å². The Bertz CT molecular complexity index is 937. The van der Waals surface area contributed by atoms with Gasteiger partial charge in [0.15, 0.2) is 0 Å². The molecule has 2 heterocycles. The van der Waals surface area contributed by atoms with E-state index in [-0.39, 0.29) is 30.1 Å². The Morgan fingerprint density at radius 1 is 1.30 bits per heavy atom. The van der Waals surface area contributed by atoms with Crippen LogP contribution in [0.3, 0.4) is 0 Å². The van der Waals surface area contributed by atoms with E-state index in [1.165, 1.54) is 23.5 Å². The van der Waals surface area contributed by atoms with Gasteiger partial charge in [0, 0.05) is 28.9 Å². The van der Waals surface area contributed by atoms with Gasteiger partial charge in [0.25, 0.3) is 5.91 Å². The van der Waals surface area contributed by atoms with Gasteiger partial charge >= 0.3 is 0 Å². The molecule has 27 heavy (non-hydrogen) atoms.